The molecule has 0 unspecified atom stereocenters. The summed E-state index contributed by atoms with van der Waals surface area (Å²) in [5, 5.41) is 0. The molecule has 182 valence electrons. The Kier molecular flexibility index (Phi) is 8.47. The minimum absolute atomic E-state index is 0.0591. The molecule has 0 atom stereocenters. The van der Waals surface area contributed by atoms with E-state index >= 15 is 0 Å². The fourth-order valence-electron chi connectivity index (χ4n) is 4.49. The van der Waals surface area contributed by atoms with Gasteiger partial charge < -0.3 is 4.90 Å². The first-order valence-corrected chi connectivity index (χ1v) is 14.6. The van der Waals surface area contributed by atoms with E-state index in [1.54, 1.807) is 22.5 Å². The number of sulfonamides is 1. The zero-order valence-corrected chi connectivity index (χ0v) is 21.4. The van der Waals surface area contributed by atoms with E-state index in [1.807, 2.05) is 29.4 Å². The van der Waals surface area contributed by atoms with Crippen LogP contribution in [0.4, 0.5) is 0 Å². The van der Waals surface area contributed by atoms with Crippen LogP contribution in [-0.4, -0.2) is 80.5 Å². The van der Waals surface area contributed by atoms with Crippen LogP contribution in [-0.2, 0) is 10.0 Å². The summed E-state index contributed by atoms with van der Waals surface area (Å²) in [5.74, 6) is -0.0591. The third-order valence-corrected chi connectivity index (χ3v) is 9.18. The average Bonchev–Trinajstić information content (AvgIpc) is 2.89. The maximum atomic E-state index is 13.4. The molecule has 8 heteroatoms. The topological polar surface area (TPSA) is 60.9 Å². The Morgan fingerprint density at radius 2 is 1.65 bits per heavy atom. The van der Waals surface area contributed by atoms with Gasteiger partial charge in [0.05, 0.1) is 10.5 Å². The third-order valence-electron chi connectivity index (χ3n) is 6.49. The Hall–Kier alpha value is -2.13. The molecule has 2 fully saturated rings. The van der Waals surface area contributed by atoms with Crippen molar-refractivity contribution in [1.82, 2.24) is 14.1 Å². The fourth-order valence-corrected chi connectivity index (χ4v) is 6.50. The van der Waals surface area contributed by atoms with Gasteiger partial charge in [-0.25, -0.2) is 8.42 Å². The molecule has 0 radical (unpaired) electrons. The van der Waals surface area contributed by atoms with Crippen LogP contribution in [0.2, 0.25) is 0 Å². The maximum absolute atomic E-state index is 13.4. The van der Waals surface area contributed by atoms with Gasteiger partial charge in [-0.3, -0.25) is 9.69 Å². The minimum Gasteiger partial charge on any atom is -0.339 e. The number of benzene rings is 2. The molecular formula is C26H33N3O3S2. The highest BCUT2D eigenvalue weighted by Crippen LogP contribution is 2.28. The van der Waals surface area contributed by atoms with Gasteiger partial charge in [0, 0.05) is 50.7 Å². The van der Waals surface area contributed by atoms with Gasteiger partial charge in [-0.05, 0) is 49.3 Å². The van der Waals surface area contributed by atoms with E-state index in [-0.39, 0.29) is 10.8 Å². The molecule has 1 amide bonds. The van der Waals surface area contributed by atoms with Crippen molar-refractivity contribution in [3.8, 4) is 0 Å². The maximum Gasteiger partial charge on any atom is 0.255 e. The molecule has 2 aliphatic heterocycles. The van der Waals surface area contributed by atoms with Crippen LogP contribution in [0.3, 0.4) is 0 Å². The van der Waals surface area contributed by atoms with E-state index in [0.717, 1.165) is 49.4 Å². The predicted octanol–water partition coefficient (Wildman–Crippen LogP) is 4.05. The number of likely N-dealkylation sites (tertiary alicyclic amines) is 1. The highest BCUT2D eigenvalue weighted by Gasteiger charge is 2.30. The number of thioether (sulfide) groups is 1. The van der Waals surface area contributed by atoms with Crippen molar-refractivity contribution in [2.45, 2.75) is 29.1 Å². The van der Waals surface area contributed by atoms with E-state index < -0.39 is 10.0 Å². The third kappa shape index (κ3) is 5.92. The van der Waals surface area contributed by atoms with Crippen LogP contribution in [0.1, 0.15) is 35.2 Å². The minimum atomic E-state index is -3.65. The molecule has 0 spiro atoms. The summed E-state index contributed by atoms with van der Waals surface area (Å²) in [6, 6.07) is 15.2. The monoisotopic (exact) mass is 499 g/mol. The van der Waals surface area contributed by atoms with Crippen LogP contribution in [0.5, 0.6) is 0 Å². The molecule has 0 N–H and O–H groups in total. The number of amides is 1. The normalized spacial score (nSPS) is 18.4. The van der Waals surface area contributed by atoms with Crippen LogP contribution < -0.4 is 0 Å². The van der Waals surface area contributed by atoms with Gasteiger partial charge in [0.25, 0.3) is 5.91 Å². The van der Waals surface area contributed by atoms with Crippen molar-refractivity contribution >= 4 is 33.8 Å². The molecule has 0 bridgehead atoms. The molecule has 2 aromatic rings. The molecule has 6 nitrogen and oxygen atoms in total. The van der Waals surface area contributed by atoms with Crippen LogP contribution in [0.25, 0.3) is 6.08 Å². The average molecular weight is 500 g/mol. The highest BCUT2D eigenvalue weighted by atomic mass is 32.2. The van der Waals surface area contributed by atoms with Gasteiger partial charge in [0.2, 0.25) is 10.0 Å². The Morgan fingerprint density at radius 1 is 0.941 bits per heavy atom. The van der Waals surface area contributed by atoms with E-state index in [4.69, 9.17) is 0 Å². The van der Waals surface area contributed by atoms with Crippen molar-refractivity contribution in [1.29, 1.82) is 0 Å². The van der Waals surface area contributed by atoms with Crippen molar-refractivity contribution in [3.63, 3.8) is 0 Å². The van der Waals surface area contributed by atoms with E-state index in [1.165, 1.54) is 11.8 Å². The second-order valence-electron chi connectivity index (χ2n) is 8.73. The highest BCUT2D eigenvalue weighted by molar-refractivity contribution is 7.98. The number of hydrogen-bond acceptors (Lipinski definition) is 5. The standard InChI is InChI=1S/C26H33N3O3S2/c1-33-25-13-12-23(21-24(25)26(30)28-15-6-3-7-16-28)34(31,32)29-19-17-27(18-20-29)14-8-11-22-9-4-2-5-10-22/h2,4-5,8-13,21H,3,6-7,14-20H2,1H3/b11-8+. The fraction of sp³-hybridized carbons (Fsp3) is 0.423. The zero-order valence-electron chi connectivity index (χ0n) is 19.7. The van der Waals surface area contributed by atoms with Crippen LogP contribution in [0, 0.1) is 0 Å². The molecule has 2 aromatic carbocycles. The van der Waals surface area contributed by atoms with Crippen molar-refractivity contribution in [2.24, 2.45) is 0 Å². The molecule has 0 saturated carbocycles. The van der Waals surface area contributed by atoms with Gasteiger partial charge in [-0.15, -0.1) is 11.8 Å². The van der Waals surface area contributed by atoms with Crippen molar-refractivity contribution in [2.75, 3.05) is 52.1 Å². The molecule has 4 rings (SSSR count). The second kappa shape index (κ2) is 11.5. The molecule has 0 aromatic heterocycles. The second-order valence-corrected chi connectivity index (χ2v) is 11.5. The Labute approximate surface area is 207 Å². The summed E-state index contributed by atoms with van der Waals surface area (Å²) in [4.78, 5) is 18.3. The first-order valence-electron chi connectivity index (χ1n) is 11.9. The summed E-state index contributed by atoms with van der Waals surface area (Å²) in [6.07, 6.45) is 9.28. The smallest absolute Gasteiger partial charge is 0.255 e. The molecule has 34 heavy (non-hydrogen) atoms. The largest absolute Gasteiger partial charge is 0.339 e. The Morgan fingerprint density at radius 3 is 2.32 bits per heavy atom. The summed E-state index contributed by atoms with van der Waals surface area (Å²) in [6.45, 7) is 4.53. The summed E-state index contributed by atoms with van der Waals surface area (Å²) in [5.41, 5.74) is 1.66. The van der Waals surface area contributed by atoms with Gasteiger partial charge in [0.1, 0.15) is 0 Å². The Bertz CT molecular complexity index is 1110. The lowest BCUT2D eigenvalue weighted by atomic mass is 10.1. The molecule has 0 aliphatic carbocycles. The van der Waals surface area contributed by atoms with E-state index in [2.05, 4.69) is 29.2 Å². The number of rotatable bonds is 7. The van der Waals surface area contributed by atoms with Crippen LogP contribution >= 0.6 is 11.8 Å². The number of piperazine rings is 1. The zero-order chi connectivity index (χ0) is 24.0. The Balaban J connectivity index is 1.42. The van der Waals surface area contributed by atoms with Crippen LogP contribution in [0.15, 0.2) is 64.4 Å². The number of piperidine rings is 1. The molecular weight excluding hydrogens is 466 g/mol. The van der Waals surface area contributed by atoms with E-state index in [0.29, 0.717) is 31.7 Å². The summed E-state index contributed by atoms with van der Waals surface area (Å²) >= 11 is 1.48. The number of nitrogens with zero attached hydrogens (tertiary/aromatic N) is 3. The quantitative estimate of drug-likeness (QED) is 0.538. The van der Waals surface area contributed by atoms with Gasteiger partial charge >= 0.3 is 0 Å². The first-order chi connectivity index (χ1) is 16.5. The number of carbonyl (C=O) groups excluding carboxylic acids is 1. The predicted molar refractivity (Wildman–Crippen MR) is 139 cm³/mol. The summed E-state index contributed by atoms with van der Waals surface area (Å²) in [7, 11) is -3.65. The van der Waals surface area contributed by atoms with Gasteiger partial charge in [0.15, 0.2) is 0 Å². The molecule has 2 aliphatic rings. The van der Waals surface area contributed by atoms with Gasteiger partial charge in [-0.1, -0.05) is 42.5 Å². The lowest BCUT2D eigenvalue weighted by Crippen LogP contribution is -2.48. The van der Waals surface area contributed by atoms with E-state index in [9.17, 15) is 13.2 Å². The molecule has 2 heterocycles. The number of hydrogen-bond donors (Lipinski definition) is 0. The lowest BCUT2D eigenvalue weighted by molar-refractivity contribution is 0.0720. The lowest BCUT2D eigenvalue weighted by Gasteiger charge is -2.33. The SMILES string of the molecule is CSc1ccc(S(=O)(=O)N2CCN(C/C=C/c3ccccc3)CC2)cc1C(=O)N1CCCCC1. The number of carbonyl (C=O) groups is 1. The van der Waals surface area contributed by atoms with Crippen molar-refractivity contribution < 1.29 is 13.2 Å². The van der Waals surface area contributed by atoms with Crippen molar-refractivity contribution in [3.05, 3.63) is 65.7 Å². The molecule has 2 saturated heterocycles. The first kappa shape index (κ1) is 25.0. The summed E-state index contributed by atoms with van der Waals surface area (Å²) < 4.78 is 28.4. The van der Waals surface area contributed by atoms with Gasteiger partial charge in [-0.2, -0.15) is 4.31 Å².